The minimum Gasteiger partial charge on any atom is -0.419 e. The van der Waals surface area contributed by atoms with Crippen LogP contribution in [-0.2, 0) is 13.9 Å². The molecule has 0 aromatic carbocycles. The Hall–Kier alpha value is -0.980. The number of aromatic nitrogens is 1. The highest BCUT2D eigenvalue weighted by Gasteiger charge is 2.58. The van der Waals surface area contributed by atoms with Gasteiger partial charge in [-0.15, -0.1) is 0 Å². The van der Waals surface area contributed by atoms with Crippen LogP contribution in [0.4, 0.5) is 8.78 Å². The Kier molecular flexibility index (Phi) is 9.03. The first kappa shape index (κ1) is 22.1. The molecule has 1 aromatic heterocycles. The van der Waals surface area contributed by atoms with Gasteiger partial charge in [0.2, 0.25) is 0 Å². The van der Waals surface area contributed by atoms with Gasteiger partial charge < -0.3 is 4.52 Å². The predicted octanol–water partition coefficient (Wildman–Crippen LogP) is 5.37. The van der Waals surface area contributed by atoms with Crippen LogP contribution >= 0.6 is 19.4 Å². The third-order valence-electron chi connectivity index (χ3n) is 3.49. The molecule has 0 aliphatic heterocycles. The molecule has 25 heavy (non-hydrogen) atoms. The highest BCUT2D eigenvalue weighted by Crippen LogP contribution is 2.64. The zero-order chi connectivity index (χ0) is 18.9. The number of hydrogen-bond donors (Lipinski definition) is 0. The quantitative estimate of drug-likeness (QED) is 0.371. The van der Waals surface area contributed by atoms with Crippen molar-refractivity contribution < 1.29 is 27.2 Å². The number of carbonyl (C=O) groups excluding carboxylic acids is 1. The van der Waals surface area contributed by atoms with Gasteiger partial charge in [-0.05, 0) is 25.0 Å². The Bertz CT molecular complexity index is 589. The van der Waals surface area contributed by atoms with Gasteiger partial charge in [-0.2, -0.15) is 8.78 Å². The van der Waals surface area contributed by atoms with E-state index in [0.29, 0.717) is 12.8 Å². The van der Waals surface area contributed by atoms with E-state index in [1.54, 1.807) is 6.92 Å². The molecule has 1 heterocycles. The Balaban J connectivity index is 2.84. The highest BCUT2D eigenvalue weighted by atomic mass is 32.2. The lowest BCUT2D eigenvalue weighted by Gasteiger charge is -2.30. The third-order valence-corrected chi connectivity index (χ3v) is 6.53. The van der Waals surface area contributed by atoms with Crippen LogP contribution in [0.15, 0.2) is 24.5 Å². The standard InChI is InChI=1S/C16H24F2NO4PS/c1-4-7-15(20)25-11-10-22-24(21,16(17,18)13(3)5-2)23-14-8-6-9-19-12-14/h6,8-9,12-13H,4-5,7,10-11H2,1-3H3. The first-order valence-electron chi connectivity index (χ1n) is 8.14. The van der Waals surface area contributed by atoms with E-state index in [1.165, 1.54) is 31.5 Å². The Morgan fingerprint density at radius 2 is 2.16 bits per heavy atom. The van der Waals surface area contributed by atoms with Crippen molar-refractivity contribution in [3.8, 4) is 5.75 Å². The van der Waals surface area contributed by atoms with Gasteiger partial charge in [0.25, 0.3) is 0 Å². The van der Waals surface area contributed by atoms with E-state index in [2.05, 4.69) is 4.98 Å². The summed E-state index contributed by atoms with van der Waals surface area (Å²) in [7, 11) is -4.79. The van der Waals surface area contributed by atoms with Crippen molar-refractivity contribution >= 4 is 24.5 Å². The molecular formula is C16H24F2NO4PS. The van der Waals surface area contributed by atoms with Gasteiger partial charge in [0.1, 0.15) is 5.75 Å². The van der Waals surface area contributed by atoms with Crippen LogP contribution in [0.2, 0.25) is 0 Å². The number of hydrogen-bond acceptors (Lipinski definition) is 6. The zero-order valence-electron chi connectivity index (χ0n) is 14.6. The Morgan fingerprint density at radius 1 is 1.44 bits per heavy atom. The molecule has 0 saturated carbocycles. The smallest absolute Gasteiger partial charge is 0.419 e. The summed E-state index contributed by atoms with van der Waals surface area (Å²) in [5.74, 6) is -1.11. The maximum atomic E-state index is 14.7. The van der Waals surface area contributed by atoms with Crippen LogP contribution in [0.25, 0.3) is 0 Å². The molecule has 9 heteroatoms. The summed E-state index contributed by atoms with van der Waals surface area (Å²) in [4.78, 5) is 15.2. The lowest BCUT2D eigenvalue weighted by molar-refractivity contribution is -0.111. The van der Waals surface area contributed by atoms with Crippen LogP contribution < -0.4 is 4.52 Å². The van der Waals surface area contributed by atoms with E-state index in [9.17, 15) is 18.1 Å². The number of rotatable bonds is 11. The molecular weight excluding hydrogens is 371 g/mol. The molecule has 2 atom stereocenters. The monoisotopic (exact) mass is 395 g/mol. The summed E-state index contributed by atoms with van der Waals surface area (Å²) in [5, 5.41) is -0.0530. The third kappa shape index (κ3) is 6.35. The molecule has 0 aliphatic carbocycles. The van der Waals surface area contributed by atoms with Crippen molar-refractivity contribution in [1.82, 2.24) is 4.98 Å². The van der Waals surface area contributed by atoms with E-state index in [-0.39, 0.29) is 29.6 Å². The number of nitrogens with zero attached hydrogens (tertiary/aromatic N) is 1. The number of thioether (sulfide) groups is 1. The van der Waals surface area contributed by atoms with E-state index >= 15 is 0 Å². The minimum atomic E-state index is -4.79. The molecule has 0 aliphatic rings. The normalized spacial score (nSPS) is 15.4. The summed E-state index contributed by atoms with van der Waals surface area (Å²) in [6.45, 7) is 4.47. The van der Waals surface area contributed by atoms with Crippen molar-refractivity contribution in [3.05, 3.63) is 24.5 Å². The van der Waals surface area contributed by atoms with Crippen molar-refractivity contribution in [2.45, 2.75) is 45.7 Å². The molecule has 0 spiro atoms. The molecule has 0 N–H and O–H groups in total. The summed E-state index contributed by atoms with van der Waals surface area (Å²) >= 11 is 0.975. The average Bonchev–Trinajstić information content (AvgIpc) is 2.59. The van der Waals surface area contributed by atoms with Gasteiger partial charge >= 0.3 is 13.3 Å². The lowest BCUT2D eigenvalue weighted by atomic mass is 10.1. The fourth-order valence-corrected chi connectivity index (χ4v) is 4.47. The van der Waals surface area contributed by atoms with Crippen LogP contribution in [0.3, 0.4) is 0 Å². The molecule has 2 unspecified atom stereocenters. The molecule has 142 valence electrons. The summed E-state index contributed by atoms with van der Waals surface area (Å²) in [5.41, 5.74) is -3.66. The fourth-order valence-electron chi connectivity index (χ4n) is 1.82. The molecule has 5 nitrogen and oxygen atoms in total. The minimum absolute atomic E-state index is 0.0523. The second kappa shape index (κ2) is 10.2. The zero-order valence-corrected chi connectivity index (χ0v) is 16.3. The van der Waals surface area contributed by atoms with Gasteiger partial charge in [0.15, 0.2) is 5.12 Å². The van der Waals surface area contributed by atoms with Gasteiger partial charge in [-0.3, -0.25) is 14.3 Å². The SMILES string of the molecule is CCCC(=O)SCCOP(=O)(Oc1cccnc1)C(F)(F)C(C)CC. The van der Waals surface area contributed by atoms with Crippen LogP contribution in [0, 0.1) is 5.92 Å². The van der Waals surface area contributed by atoms with Crippen molar-refractivity contribution in [2.75, 3.05) is 12.4 Å². The van der Waals surface area contributed by atoms with Crippen LogP contribution in [-0.4, -0.2) is 28.1 Å². The molecule has 0 radical (unpaired) electrons. The van der Waals surface area contributed by atoms with Gasteiger partial charge in [0.05, 0.1) is 12.8 Å². The highest BCUT2D eigenvalue weighted by molar-refractivity contribution is 8.13. The maximum absolute atomic E-state index is 14.7. The molecule has 1 rings (SSSR count). The molecule has 1 aromatic rings. The summed E-state index contributed by atoms with van der Waals surface area (Å²) in [6.07, 6.45) is 3.86. The second-order valence-corrected chi connectivity index (χ2v) is 8.66. The molecule has 0 fully saturated rings. The van der Waals surface area contributed by atoms with E-state index < -0.39 is 19.2 Å². The number of halogens is 2. The average molecular weight is 395 g/mol. The van der Waals surface area contributed by atoms with Crippen LogP contribution in [0.1, 0.15) is 40.0 Å². The summed E-state index contributed by atoms with van der Waals surface area (Å²) < 4.78 is 52.3. The molecule has 0 amide bonds. The van der Waals surface area contributed by atoms with Gasteiger partial charge in [-0.1, -0.05) is 32.5 Å². The second-order valence-electron chi connectivity index (χ2n) is 5.48. The maximum Gasteiger partial charge on any atom is 0.448 e. The topological polar surface area (TPSA) is 65.5 Å². The lowest BCUT2D eigenvalue weighted by Crippen LogP contribution is -2.29. The summed E-state index contributed by atoms with van der Waals surface area (Å²) in [6, 6.07) is 2.87. The van der Waals surface area contributed by atoms with Crippen molar-refractivity contribution in [3.63, 3.8) is 0 Å². The number of pyridine rings is 1. The predicted molar refractivity (Wildman–Crippen MR) is 95.2 cm³/mol. The van der Waals surface area contributed by atoms with E-state index in [0.717, 1.165) is 11.8 Å². The first-order valence-corrected chi connectivity index (χ1v) is 10.7. The molecule has 0 bridgehead atoms. The fraction of sp³-hybridized carbons (Fsp3) is 0.625. The Labute approximate surface area is 151 Å². The number of alkyl halides is 2. The van der Waals surface area contributed by atoms with E-state index in [1.807, 2.05) is 6.92 Å². The molecule has 0 saturated heterocycles. The number of carbonyl (C=O) groups is 1. The van der Waals surface area contributed by atoms with Gasteiger partial charge in [0, 0.05) is 24.3 Å². The van der Waals surface area contributed by atoms with Crippen LogP contribution in [0.5, 0.6) is 5.75 Å². The van der Waals surface area contributed by atoms with E-state index in [4.69, 9.17) is 9.05 Å². The van der Waals surface area contributed by atoms with Crippen molar-refractivity contribution in [1.29, 1.82) is 0 Å². The van der Waals surface area contributed by atoms with Gasteiger partial charge in [-0.25, -0.2) is 4.57 Å². The van der Waals surface area contributed by atoms with Crippen molar-refractivity contribution in [2.24, 2.45) is 5.92 Å². The first-order chi connectivity index (χ1) is 11.8. The largest absolute Gasteiger partial charge is 0.448 e. The Morgan fingerprint density at radius 3 is 2.72 bits per heavy atom.